The summed E-state index contributed by atoms with van der Waals surface area (Å²) in [6, 6.07) is 6.28. The van der Waals surface area contributed by atoms with Crippen LogP contribution in [0.4, 0.5) is 0 Å². The van der Waals surface area contributed by atoms with E-state index in [0.29, 0.717) is 0 Å². The smallest absolute Gasteiger partial charge is 0.138 e. The molecule has 0 aliphatic carbocycles. The maximum absolute atomic E-state index is 9.18. The highest BCUT2D eigenvalue weighted by Crippen LogP contribution is 2.14. The molecule has 5 heteroatoms. The third kappa shape index (κ3) is 3.87. The number of aliphatic hydroxyl groups is 1. The summed E-state index contributed by atoms with van der Waals surface area (Å²) < 4.78 is 1.76. The Bertz CT molecular complexity index is 508. The van der Waals surface area contributed by atoms with E-state index >= 15 is 0 Å². The first-order chi connectivity index (χ1) is 9.16. The van der Waals surface area contributed by atoms with Crippen LogP contribution in [0.2, 0.25) is 0 Å². The van der Waals surface area contributed by atoms with Gasteiger partial charge in [-0.15, -0.1) is 0 Å². The van der Waals surface area contributed by atoms with Gasteiger partial charge in [-0.05, 0) is 44.0 Å². The average Bonchev–Trinajstić information content (AvgIpc) is 2.88. The minimum absolute atomic E-state index is 0.246. The summed E-state index contributed by atoms with van der Waals surface area (Å²) in [4.78, 5) is 3.96. The number of benzene rings is 1. The van der Waals surface area contributed by atoms with Crippen molar-refractivity contribution in [2.75, 3.05) is 6.54 Å². The summed E-state index contributed by atoms with van der Waals surface area (Å²) in [5.41, 5.74) is 3.44. The molecule has 0 amide bonds. The number of hydrogen-bond donors (Lipinski definition) is 2. The van der Waals surface area contributed by atoms with Crippen molar-refractivity contribution >= 4 is 0 Å². The van der Waals surface area contributed by atoms with Crippen molar-refractivity contribution in [3.05, 3.63) is 42.0 Å². The molecule has 5 nitrogen and oxygen atoms in total. The van der Waals surface area contributed by atoms with Gasteiger partial charge in [0.05, 0.1) is 11.8 Å². The zero-order valence-corrected chi connectivity index (χ0v) is 11.4. The Morgan fingerprint density at radius 3 is 2.89 bits per heavy atom. The molecular formula is C14H20N4O. The summed E-state index contributed by atoms with van der Waals surface area (Å²) in [5.74, 6) is 0. The van der Waals surface area contributed by atoms with Crippen LogP contribution >= 0.6 is 0 Å². The zero-order chi connectivity index (χ0) is 13.7. The number of aryl methyl sites for hydroxylation is 1. The second-order valence-corrected chi connectivity index (χ2v) is 4.78. The predicted octanol–water partition coefficient (Wildman–Crippen LogP) is 1.44. The summed E-state index contributed by atoms with van der Waals surface area (Å²) in [7, 11) is 0. The molecule has 0 fully saturated rings. The van der Waals surface area contributed by atoms with E-state index in [1.54, 1.807) is 17.9 Å². The standard InChI is InChI=1S/C14H20N4O/c1-11-7-13(8-15-6-5-12(2)19)3-4-14(11)18-10-16-9-17-18/h3-4,7,9-10,12,15,19H,5-6,8H2,1-2H3. The molecule has 0 bridgehead atoms. The summed E-state index contributed by atoms with van der Waals surface area (Å²) in [6.07, 6.45) is 3.76. The van der Waals surface area contributed by atoms with Crippen molar-refractivity contribution in [1.29, 1.82) is 0 Å². The van der Waals surface area contributed by atoms with E-state index in [-0.39, 0.29) is 6.10 Å². The Morgan fingerprint density at radius 2 is 2.26 bits per heavy atom. The Labute approximate surface area is 113 Å². The lowest BCUT2D eigenvalue weighted by molar-refractivity contribution is 0.183. The van der Waals surface area contributed by atoms with Gasteiger partial charge >= 0.3 is 0 Å². The lowest BCUT2D eigenvalue weighted by Gasteiger charge is -2.10. The van der Waals surface area contributed by atoms with Gasteiger partial charge in [-0.25, -0.2) is 9.67 Å². The lowest BCUT2D eigenvalue weighted by Crippen LogP contribution is -2.18. The van der Waals surface area contributed by atoms with Crippen LogP contribution in [0.1, 0.15) is 24.5 Å². The summed E-state index contributed by atoms with van der Waals surface area (Å²) in [5, 5.41) is 16.6. The van der Waals surface area contributed by atoms with Gasteiger partial charge in [0.2, 0.25) is 0 Å². The van der Waals surface area contributed by atoms with E-state index in [0.717, 1.165) is 25.2 Å². The molecule has 2 rings (SSSR count). The normalized spacial score (nSPS) is 12.6. The van der Waals surface area contributed by atoms with Crippen molar-refractivity contribution in [2.24, 2.45) is 0 Å². The number of nitrogens with zero attached hydrogens (tertiary/aromatic N) is 3. The first kappa shape index (κ1) is 13.7. The summed E-state index contributed by atoms with van der Waals surface area (Å²) >= 11 is 0. The highest BCUT2D eigenvalue weighted by Gasteiger charge is 2.03. The van der Waals surface area contributed by atoms with Crippen LogP contribution in [-0.2, 0) is 6.54 Å². The number of aliphatic hydroxyl groups excluding tert-OH is 1. The Hall–Kier alpha value is -1.72. The quantitative estimate of drug-likeness (QED) is 0.771. The fourth-order valence-electron chi connectivity index (χ4n) is 1.96. The Balaban J connectivity index is 1.95. The Kier molecular flexibility index (Phi) is 4.65. The molecule has 1 heterocycles. The second-order valence-electron chi connectivity index (χ2n) is 4.78. The van der Waals surface area contributed by atoms with E-state index in [9.17, 15) is 5.11 Å². The monoisotopic (exact) mass is 260 g/mol. The van der Waals surface area contributed by atoms with Crippen molar-refractivity contribution in [2.45, 2.75) is 32.9 Å². The number of nitrogens with one attached hydrogen (secondary N) is 1. The van der Waals surface area contributed by atoms with E-state index < -0.39 is 0 Å². The number of aromatic nitrogens is 3. The average molecular weight is 260 g/mol. The molecule has 2 aromatic rings. The molecule has 1 aromatic carbocycles. The SMILES string of the molecule is Cc1cc(CNCCC(C)O)ccc1-n1cncn1. The van der Waals surface area contributed by atoms with Gasteiger partial charge in [-0.3, -0.25) is 0 Å². The third-order valence-corrected chi connectivity index (χ3v) is 2.99. The topological polar surface area (TPSA) is 63.0 Å². The molecule has 0 saturated carbocycles. The van der Waals surface area contributed by atoms with Crippen LogP contribution in [-0.4, -0.2) is 32.5 Å². The van der Waals surface area contributed by atoms with Gasteiger partial charge in [-0.2, -0.15) is 5.10 Å². The van der Waals surface area contributed by atoms with Crippen LogP contribution < -0.4 is 5.32 Å². The number of hydrogen-bond acceptors (Lipinski definition) is 4. The molecule has 1 aromatic heterocycles. The largest absolute Gasteiger partial charge is 0.393 e. The van der Waals surface area contributed by atoms with Crippen LogP contribution in [0.15, 0.2) is 30.9 Å². The molecular weight excluding hydrogens is 240 g/mol. The van der Waals surface area contributed by atoms with E-state index in [2.05, 4.69) is 40.5 Å². The van der Waals surface area contributed by atoms with Crippen molar-refractivity contribution in [1.82, 2.24) is 20.1 Å². The van der Waals surface area contributed by atoms with Gasteiger partial charge < -0.3 is 10.4 Å². The van der Waals surface area contributed by atoms with E-state index in [1.807, 2.05) is 0 Å². The van der Waals surface area contributed by atoms with Crippen molar-refractivity contribution < 1.29 is 5.11 Å². The molecule has 0 saturated heterocycles. The molecule has 0 spiro atoms. The molecule has 0 aliphatic rings. The highest BCUT2D eigenvalue weighted by molar-refractivity contribution is 5.41. The van der Waals surface area contributed by atoms with Crippen molar-refractivity contribution in [3.8, 4) is 5.69 Å². The minimum Gasteiger partial charge on any atom is -0.393 e. The molecule has 19 heavy (non-hydrogen) atoms. The van der Waals surface area contributed by atoms with E-state index in [4.69, 9.17) is 0 Å². The zero-order valence-electron chi connectivity index (χ0n) is 11.4. The van der Waals surface area contributed by atoms with Crippen molar-refractivity contribution in [3.63, 3.8) is 0 Å². The summed E-state index contributed by atoms with van der Waals surface area (Å²) in [6.45, 7) is 5.50. The second kappa shape index (κ2) is 6.45. The van der Waals surface area contributed by atoms with Gasteiger partial charge in [0, 0.05) is 6.54 Å². The maximum atomic E-state index is 9.18. The van der Waals surface area contributed by atoms with Gasteiger partial charge in [0.1, 0.15) is 12.7 Å². The predicted molar refractivity (Wildman–Crippen MR) is 74.1 cm³/mol. The molecule has 2 N–H and O–H groups in total. The molecule has 102 valence electrons. The fraction of sp³-hybridized carbons (Fsp3) is 0.429. The van der Waals surface area contributed by atoms with Crippen LogP contribution in [0, 0.1) is 6.92 Å². The van der Waals surface area contributed by atoms with Gasteiger partial charge in [-0.1, -0.05) is 12.1 Å². The molecule has 1 unspecified atom stereocenters. The van der Waals surface area contributed by atoms with E-state index in [1.165, 1.54) is 17.5 Å². The van der Waals surface area contributed by atoms with Crippen LogP contribution in [0.25, 0.3) is 5.69 Å². The molecule has 0 radical (unpaired) electrons. The first-order valence-electron chi connectivity index (χ1n) is 6.50. The molecule has 1 atom stereocenters. The Morgan fingerprint density at radius 1 is 1.42 bits per heavy atom. The number of rotatable bonds is 6. The maximum Gasteiger partial charge on any atom is 0.138 e. The van der Waals surface area contributed by atoms with Gasteiger partial charge in [0.15, 0.2) is 0 Å². The minimum atomic E-state index is -0.246. The molecule has 0 aliphatic heterocycles. The van der Waals surface area contributed by atoms with Crippen LogP contribution in [0.3, 0.4) is 0 Å². The lowest BCUT2D eigenvalue weighted by atomic mass is 10.1. The van der Waals surface area contributed by atoms with Crippen LogP contribution in [0.5, 0.6) is 0 Å². The third-order valence-electron chi connectivity index (χ3n) is 2.99. The van der Waals surface area contributed by atoms with Gasteiger partial charge in [0.25, 0.3) is 0 Å². The first-order valence-corrected chi connectivity index (χ1v) is 6.50. The highest BCUT2D eigenvalue weighted by atomic mass is 16.3. The fourth-order valence-corrected chi connectivity index (χ4v) is 1.96.